The van der Waals surface area contributed by atoms with Crippen molar-refractivity contribution in [2.24, 2.45) is 0 Å². The normalized spacial score (nSPS) is 13.7. The number of hydrogen-bond donors (Lipinski definition) is 2. The number of carbonyl (C=O) groups excluding carboxylic acids is 1. The van der Waals surface area contributed by atoms with E-state index in [2.05, 4.69) is 25.5 Å². The lowest BCUT2D eigenvalue weighted by atomic mass is 9.98. The Bertz CT molecular complexity index is 1540. The molecule has 11 heteroatoms. The lowest BCUT2D eigenvalue weighted by Gasteiger charge is -2.28. The van der Waals surface area contributed by atoms with Crippen LogP contribution < -0.4 is 15.5 Å². The number of amides is 1. The van der Waals surface area contributed by atoms with E-state index in [0.29, 0.717) is 37.8 Å². The Morgan fingerprint density at radius 3 is 2.48 bits per heavy atom. The van der Waals surface area contributed by atoms with Crippen LogP contribution in [0.3, 0.4) is 0 Å². The molecule has 1 aromatic carbocycles. The van der Waals surface area contributed by atoms with Gasteiger partial charge in [-0.3, -0.25) is 9.78 Å². The van der Waals surface area contributed by atoms with Crippen LogP contribution in [-0.4, -0.2) is 54.2 Å². The fourth-order valence-corrected chi connectivity index (χ4v) is 4.44. The molecule has 0 bridgehead atoms. The summed E-state index contributed by atoms with van der Waals surface area (Å²) in [7, 11) is 1.80. The minimum absolute atomic E-state index is 0.136. The molecule has 4 heterocycles. The van der Waals surface area contributed by atoms with Crippen LogP contribution in [-0.2, 0) is 10.9 Å². The zero-order valence-electron chi connectivity index (χ0n) is 21.9. The van der Waals surface area contributed by atoms with Crippen molar-refractivity contribution in [3.05, 3.63) is 83.8 Å². The van der Waals surface area contributed by atoms with Gasteiger partial charge in [-0.2, -0.15) is 13.2 Å². The Hall–Kier alpha value is -4.51. The molecule has 206 valence electrons. The fourth-order valence-electron chi connectivity index (χ4n) is 4.44. The molecule has 1 aliphatic rings. The molecule has 5 rings (SSSR count). The number of aryl methyl sites for hydroxylation is 1. The molecule has 0 aliphatic carbocycles. The molecule has 0 radical (unpaired) electrons. The molecule has 0 spiro atoms. The third-order valence-electron chi connectivity index (χ3n) is 6.58. The average molecular weight is 549 g/mol. The molecule has 1 saturated heterocycles. The van der Waals surface area contributed by atoms with Crippen molar-refractivity contribution in [3.8, 4) is 22.4 Å². The monoisotopic (exact) mass is 548 g/mol. The maximum atomic E-state index is 13.1. The first-order valence-electron chi connectivity index (χ1n) is 12.7. The van der Waals surface area contributed by atoms with Crippen LogP contribution in [0.4, 0.5) is 30.5 Å². The van der Waals surface area contributed by atoms with Gasteiger partial charge < -0.3 is 20.3 Å². The molecule has 0 saturated carbocycles. The minimum Gasteiger partial charge on any atom is -0.378 e. The van der Waals surface area contributed by atoms with Gasteiger partial charge in [-0.05, 0) is 72.1 Å². The predicted molar refractivity (Wildman–Crippen MR) is 147 cm³/mol. The number of nitrogens with zero attached hydrogens (tertiary/aromatic N) is 4. The van der Waals surface area contributed by atoms with Gasteiger partial charge in [0.2, 0.25) is 0 Å². The van der Waals surface area contributed by atoms with Gasteiger partial charge in [0.05, 0.1) is 18.9 Å². The Kier molecular flexibility index (Phi) is 7.65. The SMILES string of the molecule is CNc1cc(-c2cc(-c3cc(NC(=O)c4ccnc(C(F)(F)F)c4)ccc3C)cc(N3CCOCC3)n2)ccn1. The second-order valence-electron chi connectivity index (χ2n) is 9.29. The summed E-state index contributed by atoms with van der Waals surface area (Å²) in [5, 5.41) is 5.77. The van der Waals surface area contributed by atoms with E-state index in [4.69, 9.17) is 9.72 Å². The van der Waals surface area contributed by atoms with E-state index in [1.165, 1.54) is 6.07 Å². The molecular weight excluding hydrogens is 521 g/mol. The van der Waals surface area contributed by atoms with Crippen molar-refractivity contribution in [1.82, 2.24) is 15.0 Å². The smallest absolute Gasteiger partial charge is 0.378 e. The molecule has 2 N–H and O–H groups in total. The first-order valence-corrected chi connectivity index (χ1v) is 12.7. The Morgan fingerprint density at radius 1 is 0.950 bits per heavy atom. The summed E-state index contributed by atoms with van der Waals surface area (Å²) in [6.45, 7) is 4.57. The molecule has 0 unspecified atom stereocenters. The van der Waals surface area contributed by atoms with Gasteiger partial charge in [0.1, 0.15) is 17.3 Å². The van der Waals surface area contributed by atoms with Crippen molar-refractivity contribution < 1.29 is 22.7 Å². The summed E-state index contributed by atoms with van der Waals surface area (Å²) in [6.07, 6.45) is -1.95. The maximum absolute atomic E-state index is 13.1. The van der Waals surface area contributed by atoms with E-state index in [0.717, 1.165) is 46.0 Å². The van der Waals surface area contributed by atoms with E-state index in [9.17, 15) is 18.0 Å². The standard InChI is InChI=1S/C29H27F3N6O2/c1-18-3-4-22(36-28(39)20-6-7-34-25(14-20)29(30,31)32)17-23(18)21-13-24(19-5-8-35-26(15-19)33-2)37-27(16-21)38-9-11-40-12-10-38/h3-8,13-17H,9-12H2,1-2H3,(H,33,35)(H,36,39). The molecule has 0 atom stereocenters. The fraction of sp³-hybridized carbons (Fsp3) is 0.241. The summed E-state index contributed by atoms with van der Waals surface area (Å²) in [6, 6.07) is 15.2. The van der Waals surface area contributed by atoms with E-state index in [1.807, 2.05) is 43.3 Å². The van der Waals surface area contributed by atoms with Gasteiger partial charge in [-0.1, -0.05) is 6.07 Å². The summed E-state index contributed by atoms with van der Waals surface area (Å²) in [4.78, 5) is 27.6. The number of ether oxygens (including phenoxy) is 1. The first-order chi connectivity index (χ1) is 19.2. The number of rotatable bonds is 6. The summed E-state index contributed by atoms with van der Waals surface area (Å²) < 4.78 is 44.8. The van der Waals surface area contributed by atoms with Gasteiger partial charge in [0, 0.05) is 49.3 Å². The maximum Gasteiger partial charge on any atom is 0.433 e. The van der Waals surface area contributed by atoms with E-state index >= 15 is 0 Å². The predicted octanol–water partition coefficient (Wildman–Crippen LogP) is 5.66. The highest BCUT2D eigenvalue weighted by molar-refractivity contribution is 6.04. The highest BCUT2D eigenvalue weighted by Crippen LogP contribution is 2.34. The van der Waals surface area contributed by atoms with Gasteiger partial charge in [0.25, 0.3) is 5.91 Å². The van der Waals surface area contributed by atoms with Crippen molar-refractivity contribution in [1.29, 1.82) is 0 Å². The summed E-state index contributed by atoms with van der Waals surface area (Å²) >= 11 is 0. The molecule has 3 aromatic heterocycles. The van der Waals surface area contributed by atoms with E-state index < -0.39 is 17.8 Å². The molecule has 40 heavy (non-hydrogen) atoms. The number of halogens is 3. The van der Waals surface area contributed by atoms with Gasteiger partial charge in [-0.15, -0.1) is 0 Å². The highest BCUT2D eigenvalue weighted by atomic mass is 19.4. The Labute approximate surface area is 229 Å². The summed E-state index contributed by atoms with van der Waals surface area (Å²) in [5.74, 6) is 0.843. The van der Waals surface area contributed by atoms with Crippen LogP contribution in [0.5, 0.6) is 0 Å². The number of benzene rings is 1. The number of hydrogen-bond acceptors (Lipinski definition) is 7. The van der Waals surface area contributed by atoms with Crippen molar-refractivity contribution >= 4 is 23.2 Å². The van der Waals surface area contributed by atoms with Crippen molar-refractivity contribution in [3.63, 3.8) is 0 Å². The second kappa shape index (κ2) is 11.3. The van der Waals surface area contributed by atoms with Crippen LogP contribution in [0.1, 0.15) is 21.6 Å². The number of morpholine rings is 1. The van der Waals surface area contributed by atoms with Crippen LogP contribution in [0.25, 0.3) is 22.4 Å². The largest absolute Gasteiger partial charge is 0.433 e. The minimum atomic E-state index is -4.65. The van der Waals surface area contributed by atoms with Crippen molar-refractivity contribution in [2.45, 2.75) is 13.1 Å². The first kappa shape index (κ1) is 27.1. The number of pyridine rings is 3. The van der Waals surface area contributed by atoms with Crippen molar-refractivity contribution in [2.75, 3.05) is 48.9 Å². The lowest BCUT2D eigenvalue weighted by Crippen LogP contribution is -2.36. The van der Waals surface area contributed by atoms with Gasteiger partial charge >= 0.3 is 6.18 Å². The second-order valence-corrected chi connectivity index (χ2v) is 9.29. The molecule has 8 nitrogen and oxygen atoms in total. The zero-order valence-corrected chi connectivity index (χ0v) is 21.9. The number of aromatic nitrogens is 3. The topological polar surface area (TPSA) is 92.3 Å². The third kappa shape index (κ3) is 6.04. The number of anilines is 3. The zero-order chi connectivity index (χ0) is 28.3. The van der Waals surface area contributed by atoms with Gasteiger partial charge in [-0.25, -0.2) is 9.97 Å². The third-order valence-corrected chi connectivity index (χ3v) is 6.58. The van der Waals surface area contributed by atoms with E-state index in [-0.39, 0.29) is 5.56 Å². The molecular formula is C29H27F3N6O2. The lowest BCUT2D eigenvalue weighted by molar-refractivity contribution is -0.141. The van der Waals surface area contributed by atoms with Crippen LogP contribution in [0.15, 0.2) is 67.0 Å². The Morgan fingerprint density at radius 2 is 1.73 bits per heavy atom. The van der Waals surface area contributed by atoms with Crippen LogP contribution in [0.2, 0.25) is 0 Å². The average Bonchev–Trinajstić information content (AvgIpc) is 2.98. The summed E-state index contributed by atoms with van der Waals surface area (Å²) in [5.41, 5.74) is 3.51. The number of alkyl halides is 3. The van der Waals surface area contributed by atoms with E-state index in [1.54, 1.807) is 19.3 Å². The number of nitrogens with one attached hydrogen (secondary N) is 2. The molecule has 4 aromatic rings. The van der Waals surface area contributed by atoms with Gasteiger partial charge in [0.15, 0.2) is 0 Å². The molecule has 1 aliphatic heterocycles. The Balaban J connectivity index is 1.52. The molecule has 1 amide bonds. The number of carbonyl (C=O) groups is 1. The van der Waals surface area contributed by atoms with Crippen LogP contribution in [0, 0.1) is 6.92 Å². The highest BCUT2D eigenvalue weighted by Gasteiger charge is 2.33. The molecule has 1 fully saturated rings. The van der Waals surface area contributed by atoms with Crippen LogP contribution >= 0.6 is 0 Å². The quantitative estimate of drug-likeness (QED) is 0.321.